The lowest BCUT2D eigenvalue weighted by atomic mass is 10.1. The van der Waals surface area contributed by atoms with Crippen LogP contribution < -0.4 is 10.9 Å². The van der Waals surface area contributed by atoms with Crippen LogP contribution in [0.1, 0.15) is 25.0 Å². The third-order valence-electron chi connectivity index (χ3n) is 4.19. The van der Waals surface area contributed by atoms with Gasteiger partial charge in [0.2, 0.25) is 0 Å². The minimum atomic E-state index is -0.0501. The van der Waals surface area contributed by atoms with Crippen molar-refractivity contribution in [1.82, 2.24) is 20.1 Å². The second-order valence-electron chi connectivity index (χ2n) is 6.46. The van der Waals surface area contributed by atoms with Crippen LogP contribution in [-0.4, -0.2) is 53.6 Å². The van der Waals surface area contributed by atoms with E-state index in [4.69, 9.17) is 12.2 Å². The van der Waals surface area contributed by atoms with Crippen LogP contribution in [0, 0.1) is 0 Å². The third kappa shape index (κ3) is 5.28. The van der Waals surface area contributed by atoms with Crippen LogP contribution in [0.25, 0.3) is 10.9 Å². The predicted molar refractivity (Wildman–Crippen MR) is 109 cm³/mol. The molecular formula is C19H28N4OS. The van der Waals surface area contributed by atoms with E-state index in [2.05, 4.69) is 39.2 Å². The van der Waals surface area contributed by atoms with Crippen LogP contribution in [0.2, 0.25) is 0 Å². The number of likely N-dealkylation sites (N-methyl/N-ethyl adjacent to an activating group) is 1. The minimum Gasteiger partial charge on any atom is -0.363 e. The van der Waals surface area contributed by atoms with Gasteiger partial charge in [0.05, 0.1) is 6.54 Å². The Morgan fingerprint density at radius 3 is 2.60 bits per heavy atom. The van der Waals surface area contributed by atoms with Gasteiger partial charge in [0.1, 0.15) is 0 Å². The van der Waals surface area contributed by atoms with Gasteiger partial charge < -0.3 is 20.1 Å². The monoisotopic (exact) mass is 360 g/mol. The van der Waals surface area contributed by atoms with Gasteiger partial charge in [-0.1, -0.05) is 13.0 Å². The number of benzene rings is 1. The zero-order valence-corrected chi connectivity index (χ0v) is 16.4. The van der Waals surface area contributed by atoms with Gasteiger partial charge in [-0.2, -0.15) is 0 Å². The SMILES string of the molecule is CCNC(=S)N(CCN(C)C)Cc1cc2cc(CC)ccc2[nH]c1=O. The van der Waals surface area contributed by atoms with Crippen molar-refractivity contribution in [2.45, 2.75) is 26.8 Å². The third-order valence-corrected chi connectivity index (χ3v) is 4.59. The number of aromatic amines is 1. The largest absolute Gasteiger partial charge is 0.363 e. The molecule has 1 aromatic heterocycles. The lowest BCUT2D eigenvalue weighted by Gasteiger charge is -2.27. The fourth-order valence-corrected chi connectivity index (χ4v) is 2.98. The molecule has 0 spiro atoms. The Morgan fingerprint density at radius 2 is 1.96 bits per heavy atom. The van der Waals surface area contributed by atoms with Crippen LogP contribution >= 0.6 is 12.2 Å². The van der Waals surface area contributed by atoms with E-state index in [-0.39, 0.29) is 5.56 Å². The molecule has 0 atom stereocenters. The van der Waals surface area contributed by atoms with Gasteiger partial charge in [-0.05, 0) is 68.8 Å². The molecule has 0 saturated carbocycles. The van der Waals surface area contributed by atoms with Crippen molar-refractivity contribution >= 4 is 28.2 Å². The molecule has 1 heterocycles. The number of pyridine rings is 1. The fourth-order valence-electron chi connectivity index (χ4n) is 2.68. The number of nitrogens with one attached hydrogen (secondary N) is 2. The summed E-state index contributed by atoms with van der Waals surface area (Å²) in [4.78, 5) is 19.6. The number of nitrogens with zero attached hydrogens (tertiary/aromatic N) is 2. The van der Waals surface area contributed by atoms with Gasteiger partial charge in [-0.15, -0.1) is 0 Å². The first-order chi connectivity index (χ1) is 11.9. The number of fused-ring (bicyclic) bond motifs is 1. The Balaban J connectivity index is 2.31. The van der Waals surface area contributed by atoms with Crippen LogP contribution in [0.15, 0.2) is 29.1 Å². The molecule has 5 nitrogen and oxygen atoms in total. The number of thiocarbonyl (C=S) groups is 1. The summed E-state index contributed by atoms with van der Waals surface area (Å²) in [6, 6.07) is 8.17. The molecular weight excluding hydrogens is 332 g/mol. The second-order valence-corrected chi connectivity index (χ2v) is 6.85. The van der Waals surface area contributed by atoms with Crippen molar-refractivity contribution in [2.24, 2.45) is 0 Å². The first-order valence-electron chi connectivity index (χ1n) is 8.77. The summed E-state index contributed by atoms with van der Waals surface area (Å²) >= 11 is 5.49. The van der Waals surface area contributed by atoms with Gasteiger partial charge in [-0.3, -0.25) is 4.79 Å². The average Bonchev–Trinajstić information content (AvgIpc) is 2.58. The van der Waals surface area contributed by atoms with E-state index in [0.29, 0.717) is 11.7 Å². The minimum absolute atomic E-state index is 0.0501. The molecule has 0 aliphatic rings. The molecule has 0 unspecified atom stereocenters. The maximum atomic E-state index is 12.5. The molecule has 0 bridgehead atoms. The zero-order chi connectivity index (χ0) is 18.4. The predicted octanol–water partition coefficient (Wildman–Crippen LogP) is 2.35. The molecule has 6 heteroatoms. The molecule has 1 aromatic carbocycles. The van der Waals surface area contributed by atoms with E-state index in [1.165, 1.54) is 5.56 Å². The number of H-pyrrole nitrogens is 1. The molecule has 0 amide bonds. The highest BCUT2D eigenvalue weighted by Gasteiger charge is 2.13. The molecule has 2 rings (SSSR count). The molecule has 0 saturated heterocycles. The van der Waals surface area contributed by atoms with Gasteiger partial charge in [0, 0.05) is 30.7 Å². The van der Waals surface area contributed by atoms with E-state index >= 15 is 0 Å². The lowest BCUT2D eigenvalue weighted by Crippen LogP contribution is -2.43. The van der Waals surface area contributed by atoms with Crippen LogP contribution in [0.3, 0.4) is 0 Å². The molecule has 25 heavy (non-hydrogen) atoms. The second kappa shape index (κ2) is 8.97. The molecule has 136 valence electrons. The average molecular weight is 361 g/mol. The quantitative estimate of drug-likeness (QED) is 0.743. The fraction of sp³-hybridized carbons (Fsp3) is 0.474. The Kier molecular flexibility index (Phi) is 6.96. The Labute approximate surface area is 155 Å². The molecule has 2 aromatic rings. The first-order valence-corrected chi connectivity index (χ1v) is 9.17. The number of aromatic nitrogens is 1. The number of hydrogen-bond donors (Lipinski definition) is 2. The summed E-state index contributed by atoms with van der Waals surface area (Å²) < 4.78 is 0. The normalized spacial score (nSPS) is 11.1. The van der Waals surface area contributed by atoms with Crippen molar-refractivity contribution < 1.29 is 0 Å². The summed E-state index contributed by atoms with van der Waals surface area (Å²) in [5.41, 5.74) is 2.82. The van der Waals surface area contributed by atoms with Crippen LogP contribution in [0.5, 0.6) is 0 Å². The van der Waals surface area contributed by atoms with Gasteiger partial charge in [-0.25, -0.2) is 0 Å². The molecule has 0 aliphatic heterocycles. The van der Waals surface area contributed by atoms with Gasteiger partial charge >= 0.3 is 0 Å². The van der Waals surface area contributed by atoms with Gasteiger partial charge in [0.15, 0.2) is 5.11 Å². The highest BCUT2D eigenvalue weighted by atomic mass is 32.1. The summed E-state index contributed by atoms with van der Waals surface area (Å²) in [6.45, 7) is 7.06. The maximum absolute atomic E-state index is 12.5. The smallest absolute Gasteiger partial charge is 0.253 e. The molecule has 2 N–H and O–H groups in total. The zero-order valence-electron chi connectivity index (χ0n) is 15.6. The summed E-state index contributed by atoms with van der Waals surface area (Å²) in [5, 5.41) is 4.94. The Morgan fingerprint density at radius 1 is 1.20 bits per heavy atom. The highest BCUT2D eigenvalue weighted by Crippen LogP contribution is 2.15. The maximum Gasteiger partial charge on any atom is 0.253 e. The summed E-state index contributed by atoms with van der Waals surface area (Å²) in [7, 11) is 4.06. The van der Waals surface area contributed by atoms with Crippen LogP contribution in [0.4, 0.5) is 0 Å². The first kappa shape index (κ1) is 19.4. The van der Waals surface area contributed by atoms with Gasteiger partial charge in [0.25, 0.3) is 5.56 Å². The number of hydrogen-bond acceptors (Lipinski definition) is 3. The molecule has 0 radical (unpaired) electrons. The number of aryl methyl sites for hydroxylation is 1. The van der Waals surface area contributed by atoms with Crippen molar-refractivity contribution in [1.29, 1.82) is 0 Å². The van der Waals surface area contributed by atoms with E-state index in [1.54, 1.807) is 0 Å². The van der Waals surface area contributed by atoms with Crippen LogP contribution in [-0.2, 0) is 13.0 Å². The highest BCUT2D eigenvalue weighted by molar-refractivity contribution is 7.80. The van der Waals surface area contributed by atoms with E-state index in [9.17, 15) is 4.79 Å². The van der Waals surface area contributed by atoms with Crippen molar-refractivity contribution in [2.75, 3.05) is 33.7 Å². The topological polar surface area (TPSA) is 51.4 Å². The van der Waals surface area contributed by atoms with E-state index in [0.717, 1.165) is 42.5 Å². The van der Waals surface area contributed by atoms with E-state index < -0.39 is 0 Å². The molecule has 0 aliphatic carbocycles. The van der Waals surface area contributed by atoms with Crippen molar-refractivity contribution in [3.63, 3.8) is 0 Å². The van der Waals surface area contributed by atoms with Crippen molar-refractivity contribution in [3.05, 3.63) is 45.7 Å². The standard InChI is InChI=1S/C19H28N4OS/c1-5-14-7-8-17-15(11-14)12-16(18(24)21-17)13-23(10-9-22(3)4)19(25)20-6-2/h7-8,11-12H,5-6,9-10,13H2,1-4H3,(H,20,25)(H,21,24). The van der Waals surface area contributed by atoms with Crippen molar-refractivity contribution in [3.8, 4) is 0 Å². The lowest BCUT2D eigenvalue weighted by molar-refractivity contribution is 0.322. The number of rotatable bonds is 7. The summed E-state index contributed by atoms with van der Waals surface area (Å²) in [5.74, 6) is 0. The Hall–Kier alpha value is -1.92. The Bertz CT molecular complexity index is 785. The summed E-state index contributed by atoms with van der Waals surface area (Å²) in [6.07, 6.45) is 0.976. The molecule has 0 fully saturated rings. The van der Waals surface area contributed by atoms with E-state index in [1.807, 2.05) is 33.2 Å².